The van der Waals surface area contributed by atoms with Gasteiger partial charge in [-0.25, -0.2) is 0 Å². The molecule has 0 heterocycles. The van der Waals surface area contributed by atoms with Crippen molar-refractivity contribution < 1.29 is 24.2 Å². The van der Waals surface area contributed by atoms with E-state index in [1.165, 1.54) is 10.8 Å². The first-order chi connectivity index (χ1) is 17.6. The van der Waals surface area contributed by atoms with Crippen LogP contribution in [0.25, 0.3) is 21.5 Å². The first-order valence-corrected chi connectivity index (χ1v) is 13.1. The number of ether oxygens (including phenoxy) is 2. The predicted molar refractivity (Wildman–Crippen MR) is 151 cm³/mol. The Hall–Kier alpha value is -3.22. The molecule has 0 amide bonds. The highest BCUT2D eigenvalue weighted by Crippen LogP contribution is 2.27. The van der Waals surface area contributed by atoms with Crippen molar-refractivity contribution in [1.29, 1.82) is 0 Å². The number of halogens is 1. The fraction of sp³-hybridized carbons (Fsp3) is 0.290. The van der Waals surface area contributed by atoms with E-state index in [2.05, 4.69) is 58.4 Å². The molecule has 1 N–H and O–H groups in total. The standard InChI is InChI=1S/C21H26O5.C10H7Br/c1-14(2)19(22)25-12-21(24,13-26-20(23)15(3)4)18-10-9-16-7-5-6-8-17(16)11-18;11-10-6-5-8-3-1-2-4-9(8)7-10/h5-11,14-15,24H,12-13H2,1-4H3;1-7H. The molecule has 0 saturated heterocycles. The van der Waals surface area contributed by atoms with E-state index in [4.69, 9.17) is 9.47 Å². The van der Waals surface area contributed by atoms with Gasteiger partial charge in [-0.1, -0.05) is 110 Å². The molecule has 0 aliphatic heterocycles. The largest absolute Gasteiger partial charge is 0.462 e. The minimum absolute atomic E-state index is 0.284. The third-order valence-corrected chi connectivity index (χ3v) is 6.34. The van der Waals surface area contributed by atoms with Gasteiger partial charge >= 0.3 is 11.9 Å². The van der Waals surface area contributed by atoms with Crippen LogP contribution >= 0.6 is 15.9 Å². The van der Waals surface area contributed by atoms with Gasteiger partial charge < -0.3 is 14.6 Å². The zero-order valence-electron chi connectivity index (χ0n) is 21.6. The lowest BCUT2D eigenvalue weighted by Gasteiger charge is -2.28. The highest BCUT2D eigenvalue weighted by atomic mass is 79.9. The Labute approximate surface area is 226 Å². The summed E-state index contributed by atoms with van der Waals surface area (Å²) in [7, 11) is 0. The summed E-state index contributed by atoms with van der Waals surface area (Å²) in [6.45, 7) is 6.31. The number of rotatable bonds is 7. The van der Waals surface area contributed by atoms with Gasteiger partial charge in [0.05, 0.1) is 11.8 Å². The summed E-state index contributed by atoms with van der Waals surface area (Å²) in [5, 5.41) is 15.7. The van der Waals surface area contributed by atoms with Crippen molar-refractivity contribution in [3.63, 3.8) is 0 Å². The van der Waals surface area contributed by atoms with Crippen molar-refractivity contribution in [2.45, 2.75) is 33.3 Å². The fourth-order valence-corrected chi connectivity index (χ4v) is 3.94. The number of hydrogen-bond donors (Lipinski definition) is 1. The normalized spacial score (nSPS) is 11.4. The zero-order chi connectivity index (χ0) is 27.0. The van der Waals surface area contributed by atoms with E-state index in [1.54, 1.807) is 33.8 Å². The van der Waals surface area contributed by atoms with E-state index in [0.29, 0.717) is 5.56 Å². The van der Waals surface area contributed by atoms with Gasteiger partial charge in [-0.3, -0.25) is 9.59 Å². The van der Waals surface area contributed by atoms with Gasteiger partial charge in [0, 0.05) is 4.47 Å². The summed E-state index contributed by atoms with van der Waals surface area (Å²) in [4.78, 5) is 23.7. The molecule has 0 saturated carbocycles. The predicted octanol–water partition coefficient (Wildman–Crippen LogP) is 7.03. The zero-order valence-corrected chi connectivity index (χ0v) is 23.2. The Morgan fingerprint density at radius 3 is 1.62 bits per heavy atom. The molecule has 37 heavy (non-hydrogen) atoms. The van der Waals surface area contributed by atoms with E-state index in [9.17, 15) is 14.7 Å². The maximum atomic E-state index is 11.8. The van der Waals surface area contributed by atoms with Crippen LogP contribution < -0.4 is 0 Å². The van der Waals surface area contributed by atoms with Gasteiger partial charge in [0.25, 0.3) is 0 Å². The average Bonchev–Trinajstić information content (AvgIpc) is 2.90. The van der Waals surface area contributed by atoms with E-state index >= 15 is 0 Å². The van der Waals surface area contributed by atoms with E-state index in [0.717, 1.165) is 15.2 Å². The Morgan fingerprint density at radius 1 is 0.703 bits per heavy atom. The van der Waals surface area contributed by atoms with Crippen molar-refractivity contribution in [3.05, 3.63) is 95.0 Å². The summed E-state index contributed by atoms with van der Waals surface area (Å²) in [6.07, 6.45) is 0. The van der Waals surface area contributed by atoms with Crippen molar-refractivity contribution in [1.82, 2.24) is 0 Å². The van der Waals surface area contributed by atoms with Crippen molar-refractivity contribution in [2.24, 2.45) is 11.8 Å². The Balaban J connectivity index is 0.000000284. The minimum atomic E-state index is -1.61. The van der Waals surface area contributed by atoms with Crippen LogP contribution in [-0.2, 0) is 24.7 Å². The molecule has 0 bridgehead atoms. The quantitative estimate of drug-likeness (QED) is 0.244. The van der Waals surface area contributed by atoms with Crippen LogP contribution in [0.15, 0.2) is 89.4 Å². The van der Waals surface area contributed by atoms with Crippen molar-refractivity contribution in [2.75, 3.05) is 13.2 Å². The molecule has 0 radical (unpaired) electrons. The molecule has 4 aromatic carbocycles. The first kappa shape index (κ1) is 28.4. The summed E-state index contributed by atoms with van der Waals surface area (Å²) < 4.78 is 11.6. The number of carbonyl (C=O) groups excluding carboxylic acids is 2. The van der Waals surface area contributed by atoms with Gasteiger partial charge in [0.2, 0.25) is 0 Å². The first-order valence-electron chi connectivity index (χ1n) is 12.3. The molecule has 0 fully saturated rings. The SMILES string of the molecule is Brc1ccc2ccccc2c1.CC(C)C(=O)OCC(O)(COC(=O)C(C)C)c1ccc2ccccc2c1. The van der Waals surface area contributed by atoms with E-state index in [-0.39, 0.29) is 25.0 Å². The minimum Gasteiger partial charge on any atom is -0.462 e. The second-order valence-corrected chi connectivity index (χ2v) is 10.5. The number of aliphatic hydroxyl groups is 1. The molecule has 0 aliphatic rings. The molecule has 0 aromatic heterocycles. The highest BCUT2D eigenvalue weighted by molar-refractivity contribution is 9.10. The summed E-state index contributed by atoms with van der Waals surface area (Å²) >= 11 is 3.43. The molecular weight excluding hydrogens is 532 g/mol. The topological polar surface area (TPSA) is 72.8 Å². The molecular formula is C31H33BrO5. The van der Waals surface area contributed by atoms with Crippen molar-refractivity contribution >= 4 is 49.4 Å². The monoisotopic (exact) mass is 564 g/mol. The van der Waals surface area contributed by atoms with Gasteiger partial charge in [0.1, 0.15) is 13.2 Å². The Bertz CT molecular complexity index is 1340. The Morgan fingerprint density at radius 2 is 1.14 bits per heavy atom. The lowest BCUT2D eigenvalue weighted by molar-refractivity contribution is -0.168. The third kappa shape index (κ3) is 7.88. The molecule has 0 spiro atoms. The van der Waals surface area contributed by atoms with Crippen LogP contribution in [0, 0.1) is 11.8 Å². The number of esters is 2. The van der Waals surface area contributed by atoms with Crippen LogP contribution in [0.2, 0.25) is 0 Å². The van der Waals surface area contributed by atoms with Crippen LogP contribution in [0.3, 0.4) is 0 Å². The summed E-state index contributed by atoms with van der Waals surface area (Å²) in [5.74, 6) is -1.46. The smallest absolute Gasteiger partial charge is 0.308 e. The van der Waals surface area contributed by atoms with Gasteiger partial charge in [0.15, 0.2) is 5.60 Å². The molecule has 6 heteroatoms. The van der Waals surface area contributed by atoms with Gasteiger partial charge in [-0.05, 0) is 45.3 Å². The third-order valence-electron chi connectivity index (χ3n) is 5.85. The highest BCUT2D eigenvalue weighted by Gasteiger charge is 2.34. The number of carbonyl (C=O) groups is 2. The molecule has 0 atom stereocenters. The van der Waals surface area contributed by atoms with Crippen molar-refractivity contribution in [3.8, 4) is 0 Å². The second-order valence-electron chi connectivity index (χ2n) is 9.61. The summed E-state index contributed by atoms with van der Waals surface area (Å²) in [6, 6.07) is 27.8. The number of hydrogen-bond acceptors (Lipinski definition) is 5. The average molecular weight is 566 g/mol. The maximum Gasteiger partial charge on any atom is 0.308 e. The molecule has 0 aliphatic carbocycles. The lowest BCUT2D eigenvalue weighted by Crippen LogP contribution is -2.39. The maximum absolute atomic E-state index is 11.8. The van der Waals surface area contributed by atoms with E-state index in [1.807, 2.05) is 36.4 Å². The Kier molecular flexibility index (Phi) is 9.84. The second kappa shape index (κ2) is 12.8. The number of benzene rings is 4. The molecule has 0 unspecified atom stereocenters. The van der Waals surface area contributed by atoms with Crippen LogP contribution in [0.5, 0.6) is 0 Å². The molecule has 4 aromatic rings. The van der Waals surface area contributed by atoms with Crippen LogP contribution in [0.4, 0.5) is 0 Å². The van der Waals surface area contributed by atoms with Crippen LogP contribution in [0.1, 0.15) is 33.3 Å². The molecule has 5 nitrogen and oxygen atoms in total. The molecule has 194 valence electrons. The van der Waals surface area contributed by atoms with Gasteiger partial charge in [-0.2, -0.15) is 0 Å². The van der Waals surface area contributed by atoms with E-state index < -0.39 is 17.5 Å². The lowest BCUT2D eigenvalue weighted by atomic mass is 9.93. The molecule has 4 rings (SSSR count). The van der Waals surface area contributed by atoms with Crippen LogP contribution in [-0.4, -0.2) is 30.3 Å². The summed E-state index contributed by atoms with van der Waals surface area (Å²) in [5.41, 5.74) is -1.08. The number of fused-ring (bicyclic) bond motifs is 2. The fourth-order valence-electron chi connectivity index (χ4n) is 3.56. The van der Waals surface area contributed by atoms with Gasteiger partial charge in [-0.15, -0.1) is 0 Å².